The Balaban J connectivity index is 1.75. The van der Waals surface area contributed by atoms with Crippen molar-refractivity contribution >= 4 is 11.8 Å². The first-order chi connectivity index (χ1) is 12.8. The van der Waals surface area contributed by atoms with Crippen LogP contribution in [0.5, 0.6) is 0 Å². The van der Waals surface area contributed by atoms with Gasteiger partial charge < -0.3 is 15.7 Å². The number of nitrogens with zero attached hydrogens (tertiary/aromatic N) is 5. The molecule has 0 unspecified atom stereocenters. The first-order valence-corrected chi connectivity index (χ1v) is 9.07. The van der Waals surface area contributed by atoms with Crippen LogP contribution in [0.25, 0.3) is 0 Å². The fraction of sp³-hybridized carbons (Fsp3) is 0.526. The van der Waals surface area contributed by atoms with Crippen LogP contribution in [-0.4, -0.2) is 37.2 Å². The Hall–Kier alpha value is -2.79. The smallest absolute Gasteiger partial charge is 0.224 e. The van der Waals surface area contributed by atoms with E-state index >= 15 is 0 Å². The van der Waals surface area contributed by atoms with E-state index in [0.717, 1.165) is 11.3 Å². The van der Waals surface area contributed by atoms with E-state index in [1.54, 1.807) is 12.5 Å². The summed E-state index contributed by atoms with van der Waals surface area (Å²) in [5.41, 5.74) is 2.08. The molecular formula is C19H25N7O. The summed E-state index contributed by atoms with van der Waals surface area (Å²) in [4.78, 5) is 17.1. The SMILES string of the molecule is CC(C)c1ncncc1CNc1ncc(C#N)c(N[C@@H]2C[C@H](O)C2(C)C)n1. The predicted molar refractivity (Wildman–Crippen MR) is 102 cm³/mol. The van der Waals surface area contributed by atoms with Gasteiger partial charge in [-0.15, -0.1) is 0 Å². The molecule has 0 radical (unpaired) electrons. The Morgan fingerprint density at radius 1 is 1.33 bits per heavy atom. The van der Waals surface area contributed by atoms with E-state index in [-0.39, 0.29) is 23.5 Å². The molecule has 1 aliphatic carbocycles. The number of anilines is 2. The second-order valence-electron chi connectivity index (χ2n) is 7.78. The molecule has 3 rings (SSSR count). The Labute approximate surface area is 159 Å². The van der Waals surface area contributed by atoms with Crippen LogP contribution in [-0.2, 0) is 6.54 Å². The molecule has 2 heterocycles. The lowest BCUT2D eigenvalue weighted by Gasteiger charge is -2.49. The molecule has 0 aromatic carbocycles. The van der Waals surface area contributed by atoms with Crippen LogP contribution in [0.2, 0.25) is 0 Å². The summed E-state index contributed by atoms with van der Waals surface area (Å²) in [5, 5.41) is 25.7. The Morgan fingerprint density at radius 2 is 2.11 bits per heavy atom. The maximum absolute atomic E-state index is 9.92. The van der Waals surface area contributed by atoms with Gasteiger partial charge in [-0.05, 0) is 12.3 Å². The van der Waals surface area contributed by atoms with Crippen molar-refractivity contribution in [3.8, 4) is 6.07 Å². The number of aromatic nitrogens is 4. The van der Waals surface area contributed by atoms with Crippen molar-refractivity contribution in [3.63, 3.8) is 0 Å². The quantitative estimate of drug-likeness (QED) is 0.712. The van der Waals surface area contributed by atoms with Gasteiger partial charge in [0.05, 0.1) is 18.0 Å². The molecule has 0 bridgehead atoms. The normalized spacial score (nSPS) is 20.6. The van der Waals surface area contributed by atoms with Gasteiger partial charge in [0.1, 0.15) is 23.8 Å². The number of hydrogen-bond donors (Lipinski definition) is 3. The Kier molecular flexibility index (Phi) is 5.24. The molecule has 2 atom stereocenters. The summed E-state index contributed by atoms with van der Waals surface area (Å²) in [7, 11) is 0. The topological polar surface area (TPSA) is 120 Å². The molecule has 142 valence electrons. The highest BCUT2D eigenvalue weighted by molar-refractivity contribution is 5.54. The lowest BCUT2D eigenvalue weighted by atomic mass is 9.64. The van der Waals surface area contributed by atoms with Gasteiger partial charge >= 0.3 is 0 Å². The summed E-state index contributed by atoms with van der Waals surface area (Å²) in [5.74, 6) is 1.19. The Morgan fingerprint density at radius 3 is 2.74 bits per heavy atom. The van der Waals surface area contributed by atoms with Crippen LogP contribution < -0.4 is 10.6 Å². The number of aliphatic hydroxyl groups excluding tert-OH is 1. The van der Waals surface area contributed by atoms with Gasteiger partial charge in [0.2, 0.25) is 5.95 Å². The van der Waals surface area contributed by atoms with Crippen molar-refractivity contribution in [2.24, 2.45) is 5.41 Å². The van der Waals surface area contributed by atoms with E-state index < -0.39 is 0 Å². The molecule has 8 heteroatoms. The van der Waals surface area contributed by atoms with E-state index in [4.69, 9.17) is 0 Å². The minimum Gasteiger partial charge on any atom is -0.392 e. The molecule has 2 aromatic heterocycles. The number of nitrogens with one attached hydrogen (secondary N) is 2. The maximum atomic E-state index is 9.92. The zero-order valence-electron chi connectivity index (χ0n) is 16.1. The van der Waals surface area contributed by atoms with E-state index in [1.807, 2.05) is 13.8 Å². The van der Waals surface area contributed by atoms with Gasteiger partial charge in [0.15, 0.2) is 0 Å². The van der Waals surface area contributed by atoms with E-state index in [9.17, 15) is 10.4 Å². The molecule has 27 heavy (non-hydrogen) atoms. The fourth-order valence-electron chi connectivity index (χ4n) is 3.17. The first-order valence-electron chi connectivity index (χ1n) is 9.07. The van der Waals surface area contributed by atoms with Crippen molar-refractivity contribution in [1.29, 1.82) is 5.26 Å². The molecule has 0 saturated heterocycles. The van der Waals surface area contributed by atoms with Crippen LogP contribution in [0, 0.1) is 16.7 Å². The van der Waals surface area contributed by atoms with Crippen molar-refractivity contribution in [2.45, 2.75) is 58.7 Å². The third-order valence-electron chi connectivity index (χ3n) is 5.24. The average Bonchev–Trinajstić information content (AvgIpc) is 2.66. The molecule has 3 N–H and O–H groups in total. The van der Waals surface area contributed by atoms with Gasteiger partial charge in [-0.25, -0.2) is 15.0 Å². The van der Waals surface area contributed by atoms with Crippen LogP contribution >= 0.6 is 0 Å². The van der Waals surface area contributed by atoms with Crippen LogP contribution in [0.1, 0.15) is 56.9 Å². The third-order valence-corrected chi connectivity index (χ3v) is 5.24. The fourth-order valence-corrected chi connectivity index (χ4v) is 3.17. The van der Waals surface area contributed by atoms with Crippen molar-refractivity contribution in [2.75, 3.05) is 10.6 Å². The largest absolute Gasteiger partial charge is 0.392 e. The molecule has 1 saturated carbocycles. The number of rotatable bonds is 6. The molecule has 0 aliphatic heterocycles. The van der Waals surface area contributed by atoms with Crippen LogP contribution in [0.15, 0.2) is 18.7 Å². The highest BCUT2D eigenvalue weighted by Gasteiger charge is 2.47. The summed E-state index contributed by atoms with van der Waals surface area (Å²) in [6.45, 7) is 8.65. The molecule has 1 fully saturated rings. The second-order valence-corrected chi connectivity index (χ2v) is 7.78. The first kappa shape index (κ1) is 19.0. The number of nitriles is 1. The lowest BCUT2D eigenvalue weighted by Crippen LogP contribution is -2.57. The van der Waals surface area contributed by atoms with Crippen molar-refractivity contribution < 1.29 is 5.11 Å². The third kappa shape index (κ3) is 3.83. The van der Waals surface area contributed by atoms with E-state index in [0.29, 0.717) is 30.3 Å². The summed E-state index contributed by atoms with van der Waals surface area (Å²) >= 11 is 0. The summed E-state index contributed by atoms with van der Waals surface area (Å²) in [6.07, 6.45) is 5.12. The molecule has 8 nitrogen and oxygen atoms in total. The molecular weight excluding hydrogens is 342 g/mol. The predicted octanol–water partition coefficient (Wildman–Crippen LogP) is 2.45. The molecule has 0 spiro atoms. The highest BCUT2D eigenvalue weighted by Crippen LogP contribution is 2.42. The molecule has 0 amide bonds. The van der Waals surface area contributed by atoms with E-state index in [1.165, 1.54) is 6.20 Å². The summed E-state index contributed by atoms with van der Waals surface area (Å²) < 4.78 is 0. The zero-order valence-corrected chi connectivity index (χ0v) is 16.1. The number of hydrogen-bond acceptors (Lipinski definition) is 8. The van der Waals surface area contributed by atoms with Gasteiger partial charge in [-0.2, -0.15) is 10.2 Å². The van der Waals surface area contributed by atoms with Crippen molar-refractivity contribution in [3.05, 3.63) is 35.5 Å². The average molecular weight is 367 g/mol. The van der Waals surface area contributed by atoms with Crippen molar-refractivity contribution in [1.82, 2.24) is 19.9 Å². The summed E-state index contributed by atoms with van der Waals surface area (Å²) in [6, 6.07) is 2.17. The number of aliphatic hydroxyl groups is 1. The standard InChI is InChI=1S/C19H25N7O/c1-11(2)16-13(7-21-10-24-16)9-23-18-22-8-12(6-20)17(26-18)25-14-5-15(27)19(14,3)4/h7-8,10-11,14-15,27H,5,9H2,1-4H3,(H2,22,23,25,26)/t14-,15+/m1/s1. The van der Waals surface area contributed by atoms with Gasteiger partial charge in [0.25, 0.3) is 0 Å². The maximum Gasteiger partial charge on any atom is 0.224 e. The van der Waals surface area contributed by atoms with Crippen LogP contribution in [0.4, 0.5) is 11.8 Å². The highest BCUT2D eigenvalue weighted by atomic mass is 16.3. The van der Waals surface area contributed by atoms with Crippen LogP contribution in [0.3, 0.4) is 0 Å². The van der Waals surface area contributed by atoms with Gasteiger partial charge in [-0.3, -0.25) is 0 Å². The molecule has 2 aromatic rings. The van der Waals surface area contributed by atoms with E-state index in [2.05, 4.69) is 50.5 Å². The zero-order chi connectivity index (χ0) is 19.6. The molecule has 1 aliphatic rings. The minimum absolute atomic E-state index is 0.0532. The van der Waals surface area contributed by atoms with Gasteiger partial charge in [-0.1, -0.05) is 27.7 Å². The monoisotopic (exact) mass is 367 g/mol. The minimum atomic E-state index is -0.354. The Bertz CT molecular complexity index is 859. The second kappa shape index (κ2) is 7.45. The van der Waals surface area contributed by atoms with Gasteiger partial charge in [0, 0.05) is 29.8 Å². The lowest BCUT2D eigenvalue weighted by molar-refractivity contribution is -0.0511.